The first-order valence-electron chi connectivity index (χ1n) is 7.48. The Balaban J connectivity index is 1.62. The van der Waals surface area contributed by atoms with Crippen molar-refractivity contribution in [1.82, 2.24) is 4.90 Å². The number of fused-ring (bicyclic) bond motifs is 1. The Labute approximate surface area is 119 Å². The fourth-order valence-electron chi connectivity index (χ4n) is 3.78. The molecule has 3 unspecified atom stereocenters. The van der Waals surface area contributed by atoms with Crippen molar-refractivity contribution in [3.05, 3.63) is 29.6 Å². The van der Waals surface area contributed by atoms with Crippen LogP contribution in [0.3, 0.4) is 0 Å². The lowest BCUT2D eigenvalue weighted by molar-refractivity contribution is 0.291. The van der Waals surface area contributed by atoms with Gasteiger partial charge in [0, 0.05) is 25.7 Å². The zero-order valence-electron chi connectivity index (χ0n) is 12.0. The van der Waals surface area contributed by atoms with Gasteiger partial charge >= 0.3 is 0 Å². The highest BCUT2D eigenvalue weighted by atomic mass is 19.1. The Hall–Kier alpha value is -1.13. The quantitative estimate of drug-likeness (QED) is 0.920. The Bertz CT molecular complexity index is 468. The SMILES string of the molecule is COc1ccc(C(N)CN2CC3CCCC3C2)cc1F. The van der Waals surface area contributed by atoms with E-state index in [4.69, 9.17) is 10.5 Å². The first-order valence-corrected chi connectivity index (χ1v) is 7.48. The normalized spacial score (nSPS) is 27.6. The molecule has 3 atom stereocenters. The maximum Gasteiger partial charge on any atom is 0.165 e. The Kier molecular flexibility index (Phi) is 3.94. The average Bonchev–Trinajstić information content (AvgIpc) is 2.99. The van der Waals surface area contributed by atoms with Crippen molar-refractivity contribution in [2.24, 2.45) is 17.6 Å². The van der Waals surface area contributed by atoms with Gasteiger partial charge in [-0.2, -0.15) is 0 Å². The third-order valence-electron chi connectivity index (χ3n) is 4.86. The number of rotatable bonds is 4. The van der Waals surface area contributed by atoms with E-state index in [1.54, 1.807) is 6.07 Å². The van der Waals surface area contributed by atoms with Crippen LogP contribution in [-0.2, 0) is 0 Å². The second-order valence-electron chi connectivity index (χ2n) is 6.17. The molecular weight excluding hydrogens is 255 g/mol. The van der Waals surface area contributed by atoms with E-state index in [0.717, 1.165) is 37.0 Å². The Morgan fingerprint density at radius 2 is 2.05 bits per heavy atom. The van der Waals surface area contributed by atoms with E-state index in [1.807, 2.05) is 6.07 Å². The first kappa shape index (κ1) is 13.8. The molecule has 1 aromatic rings. The smallest absolute Gasteiger partial charge is 0.165 e. The topological polar surface area (TPSA) is 38.5 Å². The molecular formula is C16H23FN2O. The summed E-state index contributed by atoms with van der Waals surface area (Å²) in [7, 11) is 1.47. The van der Waals surface area contributed by atoms with E-state index < -0.39 is 0 Å². The molecule has 1 saturated heterocycles. The number of methoxy groups -OCH3 is 1. The van der Waals surface area contributed by atoms with Crippen molar-refractivity contribution in [2.45, 2.75) is 25.3 Å². The van der Waals surface area contributed by atoms with Gasteiger partial charge in [0.05, 0.1) is 7.11 Å². The molecule has 20 heavy (non-hydrogen) atoms. The van der Waals surface area contributed by atoms with Gasteiger partial charge in [-0.1, -0.05) is 12.5 Å². The summed E-state index contributed by atoms with van der Waals surface area (Å²) >= 11 is 0. The van der Waals surface area contributed by atoms with Crippen molar-refractivity contribution in [2.75, 3.05) is 26.7 Å². The molecule has 110 valence electrons. The van der Waals surface area contributed by atoms with Crippen molar-refractivity contribution in [3.63, 3.8) is 0 Å². The molecule has 3 rings (SSSR count). The highest BCUT2D eigenvalue weighted by molar-refractivity contribution is 5.31. The van der Waals surface area contributed by atoms with Crippen LogP contribution in [0.4, 0.5) is 4.39 Å². The number of halogens is 1. The molecule has 1 heterocycles. The van der Waals surface area contributed by atoms with Gasteiger partial charge in [-0.15, -0.1) is 0 Å². The van der Waals surface area contributed by atoms with Crippen LogP contribution in [0.15, 0.2) is 18.2 Å². The second-order valence-corrected chi connectivity index (χ2v) is 6.17. The molecule has 0 amide bonds. The van der Waals surface area contributed by atoms with Crippen LogP contribution in [0.25, 0.3) is 0 Å². The van der Waals surface area contributed by atoms with Crippen LogP contribution >= 0.6 is 0 Å². The lowest BCUT2D eigenvalue weighted by Crippen LogP contribution is -2.31. The largest absolute Gasteiger partial charge is 0.494 e. The third kappa shape index (κ3) is 2.67. The predicted octanol–water partition coefficient (Wildman–Crippen LogP) is 2.57. The molecule has 1 saturated carbocycles. The molecule has 2 fully saturated rings. The van der Waals surface area contributed by atoms with E-state index in [1.165, 1.54) is 32.4 Å². The summed E-state index contributed by atoms with van der Waals surface area (Å²) in [4.78, 5) is 2.45. The molecule has 3 nitrogen and oxygen atoms in total. The number of ether oxygens (including phenoxy) is 1. The van der Waals surface area contributed by atoms with Crippen LogP contribution in [0.2, 0.25) is 0 Å². The van der Waals surface area contributed by atoms with Crippen molar-refractivity contribution < 1.29 is 9.13 Å². The molecule has 4 heteroatoms. The molecule has 1 aromatic carbocycles. The molecule has 0 bridgehead atoms. The maximum atomic E-state index is 13.7. The summed E-state index contributed by atoms with van der Waals surface area (Å²) in [6, 6.07) is 4.89. The molecule has 0 radical (unpaired) electrons. The summed E-state index contributed by atoms with van der Waals surface area (Å²) in [5, 5.41) is 0. The van der Waals surface area contributed by atoms with Crippen LogP contribution < -0.4 is 10.5 Å². The summed E-state index contributed by atoms with van der Waals surface area (Å²) in [6.07, 6.45) is 4.13. The van der Waals surface area contributed by atoms with Gasteiger partial charge in [-0.3, -0.25) is 0 Å². The second kappa shape index (κ2) is 5.70. The molecule has 2 aliphatic rings. The lowest BCUT2D eigenvalue weighted by Gasteiger charge is -2.22. The fourth-order valence-corrected chi connectivity index (χ4v) is 3.78. The first-order chi connectivity index (χ1) is 9.67. The molecule has 1 aliphatic carbocycles. The highest BCUT2D eigenvalue weighted by Gasteiger charge is 2.36. The molecule has 1 aliphatic heterocycles. The minimum absolute atomic E-state index is 0.130. The third-order valence-corrected chi connectivity index (χ3v) is 4.86. The summed E-state index contributed by atoms with van der Waals surface area (Å²) in [5.74, 6) is 1.68. The minimum atomic E-state index is -0.334. The number of benzene rings is 1. The fraction of sp³-hybridized carbons (Fsp3) is 0.625. The van der Waals surface area contributed by atoms with Crippen molar-refractivity contribution >= 4 is 0 Å². The summed E-state index contributed by atoms with van der Waals surface area (Å²) in [6.45, 7) is 3.15. The Morgan fingerprint density at radius 1 is 1.35 bits per heavy atom. The minimum Gasteiger partial charge on any atom is -0.494 e. The van der Waals surface area contributed by atoms with Crippen molar-refractivity contribution in [3.8, 4) is 5.75 Å². The number of nitrogens with two attached hydrogens (primary N) is 1. The number of hydrogen-bond donors (Lipinski definition) is 1. The molecule has 0 spiro atoms. The average molecular weight is 278 g/mol. The van der Waals surface area contributed by atoms with Gasteiger partial charge in [0.1, 0.15) is 0 Å². The molecule has 2 N–H and O–H groups in total. The Morgan fingerprint density at radius 3 is 2.65 bits per heavy atom. The van der Waals surface area contributed by atoms with Gasteiger partial charge in [-0.25, -0.2) is 4.39 Å². The van der Waals surface area contributed by atoms with Crippen LogP contribution in [-0.4, -0.2) is 31.6 Å². The zero-order valence-corrected chi connectivity index (χ0v) is 12.0. The number of likely N-dealkylation sites (tertiary alicyclic amines) is 1. The van der Waals surface area contributed by atoms with Crippen LogP contribution in [0.1, 0.15) is 30.9 Å². The van der Waals surface area contributed by atoms with E-state index in [0.29, 0.717) is 0 Å². The van der Waals surface area contributed by atoms with E-state index in [-0.39, 0.29) is 17.6 Å². The van der Waals surface area contributed by atoms with Gasteiger partial charge in [0.25, 0.3) is 0 Å². The zero-order chi connectivity index (χ0) is 14.1. The number of hydrogen-bond acceptors (Lipinski definition) is 3. The van der Waals surface area contributed by atoms with Crippen LogP contribution in [0, 0.1) is 17.7 Å². The van der Waals surface area contributed by atoms with E-state index >= 15 is 0 Å². The lowest BCUT2D eigenvalue weighted by atomic mass is 10.0. The van der Waals surface area contributed by atoms with E-state index in [2.05, 4.69) is 4.90 Å². The standard InChI is InChI=1S/C16H23FN2O/c1-20-16-6-5-11(7-14(16)17)15(18)10-19-8-12-3-2-4-13(12)9-19/h5-7,12-13,15H,2-4,8-10,18H2,1H3. The highest BCUT2D eigenvalue weighted by Crippen LogP contribution is 2.38. The maximum absolute atomic E-state index is 13.7. The summed E-state index contributed by atoms with van der Waals surface area (Å²) < 4.78 is 18.7. The van der Waals surface area contributed by atoms with E-state index in [9.17, 15) is 4.39 Å². The monoisotopic (exact) mass is 278 g/mol. The van der Waals surface area contributed by atoms with Gasteiger partial charge < -0.3 is 15.4 Å². The summed E-state index contributed by atoms with van der Waals surface area (Å²) in [5.41, 5.74) is 7.08. The predicted molar refractivity (Wildman–Crippen MR) is 77.2 cm³/mol. The van der Waals surface area contributed by atoms with Gasteiger partial charge in [0.2, 0.25) is 0 Å². The van der Waals surface area contributed by atoms with Crippen LogP contribution in [0.5, 0.6) is 5.75 Å². The van der Waals surface area contributed by atoms with Gasteiger partial charge in [-0.05, 0) is 42.4 Å². The number of nitrogens with zero attached hydrogens (tertiary/aromatic N) is 1. The molecule has 0 aromatic heterocycles. The van der Waals surface area contributed by atoms with Gasteiger partial charge in [0.15, 0.2) is 11.6 Å². The van der Waals surface area contributed by atoms with Crippen molar-refractivity contribution in [1.29, 1.82) is 0 Å².